The van der Waals surface area contributed by atoms with Crippen molar-refractivity contribution >= 4 is 27.8 Å². The number of hydrazone groups is 1. The van der Waals surface area contributed by atoms with Crippen LogP contribution >= 0.6 is 0 Å². The first-order chi connectivity index (χ1) is 16.6. The van der Waals surface area contributed by atoms with Crippen molar-refractivity contribution in [3.63, 3.8) is 0 Å². The number of anilines is 1. The molecule has 3 rings (SSSR count). The number of aromatic nitrogens is 1. The van der Waals surface area contributed by atoms with E-state index in [1.165, 1.54) is 20.3 Å². The van der Waals surface area contributed by atoms with Crippen LogP contribution in [0.2, 0.25) is 0 Å². The van der Waals surface area contributed by atoms with Gasteiger partial charge in [-0.05, 0) is 50.6 Å². The zero-order valence-electron chi connectivity index (χ0n) is 20.7. The van der Waals surface area contributed by atoms with Crippen molar-refractivity contribution in [1.82, 2.24) is 9.99 Å². The molecule has 0 spiro atoms. The second kappa shape index (κ2) is 10.6. The molecule has 0 radical (unpaired) electrons. The molecule has 0 aliphatic rings. The molecule has 9 nitrogen and oxygen atoms in total. The van der Waals surface area contributed by atoms with Crippen LogP contribution in [0, 0.1) is 20.8 Å². The average Bonchev–Trinajstić information content (AvgIpc) is 3.09. The van der Waals surface area contributed by atoms with Gasteiger partial charge in [0.25, 0.3) is 5.91 Å². The van der Waals surface area contributed by atoms with Gasteiger partial charge >= 0.3 is 0 Å². The number of nitrogens with zero attached hydrogens (tertiary/aromatic N) is 3. The normalized spacial score (nSPS) is 11.5. The Bertz CT molecular complexity index is 1360. The van der Waals surface area contributed by atoms with Crippen LogP contribution in [-0.2, 0) is 14.8 Å². The van der Waals surface area contributed by atoms with E-state index >= 15 is 0 Å². The summed E-state index contributed by atoms with van der Waals surface area (Å²) < 4.78 is 38.5. The van der Waals surface area contributed by atoms with Gasteiger partial charge in [-0.15, -0.1) is 0 Å². The van der Waals surface area contributed by atoms with Crippen molar-refractivity contribution in [1.29, 1.82) is 0 Å². The SMILES string of the molecule is COc1ccc(OC)c(N(CC(=O)N/N=C\c2cc(C)n(-c3ccccc3C)c2C)S(C)(=O)=O)c1. The van der Waals surface area contributed by atoms with Gasteiger partial charge in [-0.2, -0.15) is 5.10 Å². The Balaban J connectivity index is 1.80. The predicted octanol–water partition coefficient (Wildman–Crippen LogP) is 3.34. The lowest BCUT2D eigenvalue weighted by Gasteiger charge is -2.23. The maximum absolute atomic E-state index is 12.6. The van der Waals surface area contributed by atoms with Crippen molar-refractivity contribution in [2.75, 3.05) is 31.3 Å². The molecule has 2 aromatic carbocycles. The van der Waals surface area contributed by atoms with Crippen molar-refractivity contribution in [3.8, 4) is 17.2 Å². The summed E-state index contributed by atoms with van der Waals surface area (Å²) in [7, 11) is -0.923. The van der Waals surface area contributed by atoms with Gasteiger partial charge in [-0.3, -0.25) is 9.10 Å². The average molecular weight is 499 g/mol. The van der Waals surface area contributed by atoms with Gasteiger partial charge < -0.3 is 14.0 Å². The summed E-state index contributed by atoms with van der Waals surface area (Å²) in [6, 6.07) is 14.8. The summed E-state index contributed by atoms with van der Waals surface area (Å²) in [6.07, 6.45) is 2.56. The number of sulfonamides is 1. The molecule has 1 N–H and O–H groups in total. The molecule has 10 heteroatoms. The lowest BCUT2D eigenvalue weighted by molar-refractivity contribution is -0.119. The van der Waals surface area contributed by atoms with E-state index < -0.39 is 22.5 Å². The number of hydrogen-bond acceptors (Lipinski definition) is 6. The highest BCUT2D eigenvalue weighted by atomic mass is 32.2. The summed E-state index contributed by atoms with van der Waals surface area (Å²) in [4.78, 5) is 12.6. The van der Waals surface area contributed by atoms with Gasteiger partial charge in [0, 0.05) is 28.7 Å². The Labute approximate surface area is 206 Å². The summed E-state index contributed by atoms with van der Waals surface area (Å²) in [6.45, 7) is 5.54. The highest BCUT2D eigenvalue weighted by Crippen LogP contribution is 2.33. The fourth-order valence-corrected chi connectivity index (χ4v) is 4.67. The fraction of sp³-hybridized carbons (Fsp3) is 0.280. The van der Waals surface area contributed by atoms with Crippen LogP contribution in [0.3, 0.4) is 0 Å². The number of carbonyl (C=O) groups excluding carboxylic acids is 1. The van der Waals surface area contributed by atoms with Gasteiger partial charge in [0.15, 0.2) is 0 Å². The Morgan fingerprint density at radius 1 is 1.09 bits per heavy atom. The first-order valence-electron chi connectivity index (χ1n) is 10.8. The maximum atomic E-state index is 12.6. The number of benzene rings is 2. The molecule has 1 aromatic heterocycles. The largest absolute Gasteiger partial charge is 0.497 e. The molecular weight excluding hydrogens is 468 g/mol. The first-order valence-corrected chi connectivity index (χ1v) is 12.7. The Hall–Kier alpha value is -3.79. The topological polar surface area (TPSA) is 102 Å². The third-order valence-electron chi connectivity index (χ3n) is 5.56. The number of para-hydroxylation sites is 1. The standard InChI is InChI=1S/C25H30N4O5S/c1-17-9-7-8-10-22(17)29-18(2)13-20(19(29)3)15-26-27-25(30)16-28(35(6,31)32)23-14-21(33-4)11-12-24(23)34-5/h7-15H,16H2,1-6H3,(H,27,30)/b26-15-. The molecule has 0 saturated carbocycles. The number of ether oxygens (including phenoxy) is 2. The van der Waals surface area contributed by atoms with Crippen LogP contribution in [0.15, 0.2) is 53.6 Å². The van der Waals surface area contributed by atoms with Crippen LogP contribution in [0.4, 0.5) is 5.69 Å². The quantitative estimate of drug-likeness (QED) is 0.360. The minimum atomic E-state index is -3.81. The molecule has 3 aromatic rings. The monoisotopic (exact) mass is 498 g/mol. The van der Waals surface area contributed by atoms with Gasteiger partial charge in [-0.1, -0.05) is 18.2 Å². The molecule has 0 atom stereocenters. The molecule has 35 heavy (non-hydrogen) atoms. The molecule has 0 unspecified atom stereocenters. The molecule has 0 fully saturated rings. The van der Waals surface area contributed by atoms with E-state index in [4.69, 9.17) is 9.47 Å². The maximum Gasteiger partial charge on any atom is 0.260 e. The van der Waals surface area contributed by atoms with E-state index in [1.807, 2.05) is 51.1 Å². The predicted molar refractivity (Wildman–Crippen MR) is 137 cm³/mol. The highest BCUT2D eigenvalue weighted by Gasteiger charge is 2.24. The van der Waals surface area contributed by atoms with Crippen molar-refractivity contribution in [3.05, 3.63) is 71.0 Å². The fourth-order valence-electron chi connectivity index (χ4n) is 3.82. The van der Waals surface area contributed by atoms with E-state index in [0.717, 1.165) is 38.8 Å². The molecule has 0 aliphatic heterocycles. The van der Waals surface area contributed by atoms with Crippen LogP contribution in [0.1, 0.15) is 22.5 Å². The van der Waals surface area contributed by atoms with Crippen molar-refractivity contribution in [2.24, 2.45) is 5.10 Å². The molecule has 0 aliphatic carbocycles. The van der Waals surface area contributed by atoms with Crippen LogP contribution < -0.4 is 19.2 Å². The molecule has 0 saturated heterocycles. The molecular formula is C25H30N4O5S. The molecule has 1 heterocycles. The number of hydrogen-bond donors (Lipinski definition) is 1. The molecule has 0 bridgehead atoms. The van der Waals surface area contributed by atoms with Gasteiger partial charge in [0.2, 0.25) is 10.0 Å². The summed E-state index contributed by atoms with van der Waals surface area (Å²) in [5.74, 6) is 0.109. The second-order valence-corrected chi connectivity index (χ2v) is 9.96. The third-order valence-corrected chi connectivity index (χ3v) is 6.69. The van der Waals surface area contributed by atoms with Crippen LogP contribution in [-0.4, -0.2) is 52.1 Å². The number of carbonyl (C=O) groups is 1. The van der Waals surface area contributed by atoms with E-state index in [-0.39, 0.29) is 11.4 Å². The number of rotatable bonds is 9. The van der Waals surface area contributed by atoms with Gasteiger partial charge in [-0.25, -0.2) is 13.8 Å². The highest BCUT2D eigenvalue weighted by molar-refractivity contribution is 7.92. The van der Waals surface area contributed by atoms with Crippen LogP contribution in [0.5, 0.6) is 11.5 Å². The Kier molecular flexibility index (Phi) is 7.85. The minimum Gasteiger partial charge on any atom is -0.497 e. The van der Waals surface area contributed by atoms with Crippen LogP contribution in [0.25, 0.3) is 5.69 Å². The number of aryl methyl sites for hydroxylation is 2. The Morgan fingerprint density at radius 3 is 2.43 bits per heavy atom. The van der Waals surface area contributed by atoms with Gasteiger partial charge in [0.05, 0.1) is 32.4 Å². The lowest BCUT2D eigenvalue weighted by atomic mass is 10.2. The zero-order chi connectivity index (χ0) is 25.8. The summed E-state index contributed by atoms with van der Waals surface area (Å²) in [5.41, 5.74) is 7.65. The zero-order valence-corrected chi connectivity index (χ0v) is 21.5. The van der Waals surface area contributed by atoms with Crippen molar-refractivity contribution < 1.29 is 22.7 Å². The van der Waals surface area contributed by atoms with E-state index in [9.17, 15) is 13.2 Å². The van der Waals surface area contributed by atoms with E-state index in [0.29, 0.717) is 5.75 Å². The summed E-state index contributed by atoms with van der Waals surface area (Å²) in [5, 5.41) is 4.06. The molecule has 186 valence electrons. The van der Waals surface area contributed by atoms with Crippen molar-refractivity contribution in [2.45, 2.75) is 20.8 Å². The smallest absolute Gasteiger partial charge is 0.260 e. The molecule has 1 amide bonds. The number of nitrogens with one attached hydrogen (secondary N) is 1. The summed E-state index contributed by atoms with van der Waals surface area (Å²) >= 11 is 0. The first kappa shape index (κ1) is 25.8. The number of methoxy groups -OCH3 is 2. The van der Waals surface area contributed by atoms with Gasteiger partial charge in [0.1, 0.15) is 18.0 Å². The van der Waals surface area contributed by atoms with E-state index in [2.05, 4.69) is 15.1 Å². The third kappa shape index (κ3) is 5.83. The lowest BCUT2D eigenvalue weighted by Crippen LogP contribution is -2.39. The van der Waals surface area contributed by atoms with E-state index in [1.54, 1.807) is 18.3 Å². The Morgan fingerprint density at radius 2 is 1.80 bits per heavy atom. The second-order valence-electron chi connectivity index (χ2n) is 8.05. The number of amides is 1. The minimum absolute atomic E-state index is 0.190.